The second-order valence-electron chi connectivity index (χ2n) is 4.91. The number of aldehydes is 1. The van der Waals surface area contributed by atoms with Gasteiger partial charge in [-0.25, -0.2) is 0 Å². The summed E-state index contributed by atoms with van der Waals surface area (Å²) >= 11 is 0. The van der Waals surface area contributed by atoms with E-state index < -0.39 is 5.60 Å². The molecule has 0 saturated heterocycles. The predicted molar refractivity (Wildman–Crippen MR) is 55.2 cm³/mol. The van der Waals surface area contributed by atoms with Gasteiger partial charge in [-0.3, -0.25) is 0 Å². The van der Waals surface area contributed by atoms with E-state index in [2.05, 4.69) is 0 Å². The first-order valence-corrected chi connectivity index (χ1v) is 5.80. The predicted octanol–water partition coefficient (Wildman–Crippen LogP) is 2.70. The Morgan fingerprint density at radius 3 is 2.21 bits per heavy atom. The molecule has 0 radical (unpaired) electrons. The molecular weight excluding hydrogens is 176 g/mol. The fourth-order valence-corrected chi connectivity index (χ4v) is 3.62. The van der Waals surface area contributed by atoms with Crippen molar-refractivity contribution in [2.75, 3.05) is 7.11 Å². The minimum absolute atomic E-state index is 0.196. The molecule has 2 fully saturated rings. The average molecular weight is 196 g/mol. The summed E-state index contributed by atoms with van der Waals surface area (Å²) < 4.78 is 5.57. The molecule has 0 amide bonds. The second-order valence-corrected chi connectivity index (χ2v) is 4.91. The van der Waals surface area contributed by atoms with Crippen LogP contribution in [0.5, 0.6) is 0 Å². The van der Waals surface area contributed by atoms with Gasteiger partial charge >= 0.3 is 0 Å². The first-order valence-electron chi connectivity index (χ1n) is 5.80. The summed E-state index contributed by atoms with van der Waals surface area (Å²) in [5, 5.41) is 0. The third kappa shape index (κ3) is 1.23. The first kappa shape index (κ1) is 10.2. The third-order valence-corrected chi connectivity index (χ3v) is 4.47. The summed E-state index contributed by atoms with van der Waals surface area (Å²) in [6.07, 6.45) is 10.7. The summed E-state index contributed by atoms with van der Waals surface area (Å²) in [6.45, 7) is 0. The van der Waals surface area contributed by atoms with Gasteiger partial charge in [0.05, 0.1) is 0 Å². The van der Waals surface area contributed by atoms with E-state index >= 15 is 0 Å². The normalized spacial score (nSPS) is 36.1. The van der Waals surface area contributed by atoms with E-state index in [1.54, 1.807) is 7.11 Å². The van der Waals surface area contributed by atoms with Crippen molar-refractivity contribution in [1.29, 1.82) is 0 Å². The highest BCUT2D eigenvalue weighted by Crippen LogP contribution is 2.55. The maximum Gasteiger partial charge on any atom is 0.152 e. The highest BCUT2D eigenvalue weighted by atomic mass is 16.5. The third-order valence-electron chi connectivity index (χ3n) is 4.47. The zero-order valence-electron chi connectivity index (χ0n) is 9.05. The van der Waals surface area contributed by atoms with Gasteiger partial charge in [-0.05, 0) is 32.1 Å². The zero-order valence-corrected chi connectivity index (χ0v) is 9.05. The molecule has 80 valence electrons. The quantitative estimate of drug-likeness (QED) is 0.635. The summed E-state index contributed by atoms with van der Waals surface area (Å²) in [5.74, 6) is 0. The molecule has 2 rings (SSSR count). The van der Waals surface area contributed by atoms with E-state index in [-0.39, 0.29) is 5.41 Å². The number of carbonyl (C=O) groups is 1. The largest absolute Gasteiger partial charge is 0.370 e. The van der Waals surface area contributed by atoms with Crippen LogP contribution in [0.2, 0.25) is 0 Å². The molecule has 2 nitrogen and oxygen atoms in total. The van der Waals surface area contributed by atoms with E-state index in [1.165, 1.54) is 38.5 Å². The van der Waals surface area contributed by atoms with Crippen molar-refractivity contribution >= 4 is 6.29 Å². The Kier molecular flexibility index (Phi) is 2.65. The lowest BCUT2D eigenvalue weighted by atomic mass is 9.65. The van der Waals surface area contributed by atoms with Gasteiger partial charge in [-0.1, -0.05) is 19.3 Å². The minimum atomic E-state index is -0.437. The lowest BCUT2D eigenvalue weighted by molar-refractivity contribution is -0.146. The topological polar surface area (TPSA) is 26.3 Å². The van der Waals surface area contributed by atoms with E-state index in [4.69, 9.17) is 4.74 Å². The molecule has 1 atom stereocenters. The number of hydrogen-bond donors (Lipinski definition) is 0. The van der Waals surface area contributed by atoms with Crippen LogP contribution in [0, 0.1) is 5.41 Å². The van der Waals surface area contributed by atoms with Crippen molar-refractivity contribution in [2.24, 2.45) is 5.41 Å². The number of hydrogen-bond acceptors (Lipinski definition) is 2. The van der Waals surface area contributed by atoms with Gasteiger partial charge in [0.15, 0.2) is 6.29 Å². The van der Waals surface area contributed by atoms with Crippen LogP contribution in [-0.4, -0.2) is 19.0 Å². The Morgan fingerprint density at radius 2 is 1.64 bits per heavy atom. The Bertz CT molecular complexity index is 218. The Labute approximate surface area is 86.0 Å². The smallest absolute Gasteiger partial charge is 0.152 e. The molecule has 0 aromatic heterocycles. The molecule has 0 bridgehead atoms. The van der Waals surface area contributed by atoms with Gasteiger partial charge in [0.25, 0.3) is 0 Å². The monoisotopic (exact) mass is 196 g/mol. The molecule has 2 saturated carbocycles. The molecule has 0 heterocycles. The van der Waals surface area contributed by atoms with E-state index in [0.29, 0.717) is 0 Å². The van der Waals surface area contributed by atoms with Crippen molar-refractivity contribution in [1.82, 2.24) is 0 Å². The molecular formula is C12H20O2. The summed E-state index contributed by atoms with van der Waals surface area (Å²) in [7, 11) is 1.70. The fraction of sp³-hybridized carbons (Fsp3) is 0.917. The van der Waals surface area contributed by atoms with Crippen LogP contribution in [0.25, 0.3) is 0 Å². The first-order chi connectivity index (χ1) is 6.79. The van der Waals surface area contributed by atoms with Crippen molar-refractivity contribution in [3.8, 4) is 0 Å². The summed E-state index contributed by atoms with van der Waals surface area (Å²) in [4.78, 5) is 11.3. The van der Waals surface area contributed by atoms with Crippen molar-refractivity contribution in [3.63, 3.8) is 0 Å². The zero-order chi connectivity index (χ0) is 10.1. The van der Waals surface area contributed by atoms with Crippen LogP contribution in [0.1, 0.15) is 51.4 Å². The molecule has 2 heteroatoms. The molecule has 1 spiro atoms. The lowest BCUT2D eigenvalue weighted by Gasteiger charge is -2.44. The standard InChI is InChI=1S/C12H20O2/c1-14-12(10-13)9-5-8-11(12)6-3-2-4-7-11/h10H,2-9H2,1H3. The van der Waals surface area contributed by atoms with Gasteiger partial charge in [-0.2, -0.15) is 0 Å². The maximum absolute atomic E-state index is 11.3. The van der Waals surface area contributed by atoms with Crippen LogP contribution in [0.4, 0.5) is 0 Å². The molecule has 2 aliphatic rings. The highest BCUT2D eigenvalue weighted by Gasteiger charge is 2.55. The molecule has 0 aliphatic heterocycles. The Hall–Kier alpha value is -0.370. The average Bonchev–Trinajstić information content (AvgIpc) is 2.58. The number of methoxy groups -OCH3 is 1. The lowest BCUT2D eigenvalue weighted by Crippen LogP contribution is -2.48. The maximum atomic E-state index is 11.3. The number of carbonyl (C=O) groups excluding carboxylic acids is 1. The van der Waals surface area contributed by atoms with E-state index in [1.807, 2.05) is 0 Å². The van der Waals surface area contributed by atoms with Gasteiger partial charge in [0, 0.05) is 12.5 Å². The van der Waals surface area contributed by atoms with Gasteiger partial charge < -0.3 is 9.53 Å². The van der Waals surface area contributed by atoms with Gasteiger partial charge in [-0.15, -0.1) is 0 Å². The summed E-state index contributed by atoms with van der Waals surface area (Å²) in [6, 6.07) is 0. The molecule has 2 aliphatic carbocycles. The van der Waals surface area contributed by atoms with Crippen molar-refractivity contribution < 1.29 is 9.53 Å². The molecule has 0 aromatic carbocycles. The highest BCUT2D eigenvalue weighted by molar-refractivity contribution is 5.65. The Balaban J connectivity index is 2.26. The van der Waals surface area contributed by atoms with E-state index in [9.17, 15) is 4.79 Å². The fourth-order valence-electron chi connectivity index (χ4n) is 3.62. The number of rotatable bonds is 2. The van der Waals surface area contributed by atoms with Crippen molar-refractivity contribution in [3.05, 3.63) is 0 Å². The van der Waals surface area contributed by atoms with E-state index in [0.717, 1.165) is 19.1 Å². The van der Waals surface area contributed by atoms with Crippen LogP contribution in [0.3, 0.4) is 0 Å². The molecule has 0 N–H and O–H groups in total. The number of ether oxygens (including phenoxy) is 1. The van der Waals surface area contributed by atoms with Crippen LogP contribution in [0.15, 0.2) is 0 Å². The van der Waals surface area contributed by atoms with Crippen LogP contribution >= 0.6 is 0 Å². The Morgan fingerprint density at radius 1 is 1.00 bits per heavy atom. The molecule has 14 heavy (non-hydrogen) atoms. The van der Waals surface area contributed by atoms with Crippen LogP contribution in [-0.2, 0) is 9.53 Å². The summed E-state index contributed by atoms with van der Waals surface area (Å²) in [5.41, 5.74) is -0.241. The second kappa shape index (κ2) is 3.65. The molecule has 1 unspecified atom stereocenters. The molecule has 0 aromatic rings. The van der Waals surface area contributed by atoms with Gasteiger partial charge in [0.2, 0.25) is 0 Å². The van der Waals surface area contributed by atoms with Crippen LogP contribution < -0.4 is 0 Å². The SMILES string of the molecule is COC1(C=O)CCCC12CCCCC2. The van der Waals surface area contributed by atoms with Crippen molar-refractivity contribution in [2.45, 2.75) is 57.0 Å². The minimum Gasteiger partial charge on any atom is -0.370 e. The van der Waals surface area contributed by atoms with Gasteiger partial charge in [0.1, 0.15) is 5.60 Å².